The fourth-order valence-electron chi connectivity index (χ4n) is 4.58. The van der Waals surface area contributed by atoms with E-state index < -0.39 is 15.6 Å². The Labute approximate surface area is 255 Å². The summed E-state index contributed by atoms with van der Waals surface area (Å²) >= 11 is 0. The van der Waals surface area contributed by atoms with Crippen molar-refractivity contribution in [2.45, 2.75) is 58.3 Å². The van der Waals surface area contributed by atoms with Crippen LogP contribution in [0, 0.1) is 6.92 Å². The number of methoxy groups -OCH3 is 1. The van der Waals surface area contributed by atoms with Gasteiger partial charge in [-0.3, -0.25) is 14.3 Å². The number of rotatable bonds is 15. The largest absolute Gasteiger partial charge is 0.493 e. The van der Waals surface area contributed by atoms with Crippen LogP contribution in [0.1, 0.15) is 51.6 Å². The number of H-pyrrole nitrogens is 1. The first kappa shape index (κ1) is 32.3. The maximum absolute atomic E-state index is 13.6. The minimum Gasteiger partial charge on any atom is -0.493 e. The molecular formula is C30H37N5O8S. The monoisotopic (exact) mass is 627 g/mol. The van der Waals surface area contributed by atoms with Crippen molar-refractivity contribution in [2.24, 2.45) is 0 Å². The number of aryl methyl sites for hydroxylation is 2. The van der Waals surface area contributed by atoms with Crippen LogP contribution in [0.2, 0.25) is 0 Å². The number of nitrogens with zero attached hydrogens (tertiary/aromatic N) is 3. The molecule has 0 aliphatic rings. The van der Waals surface area contributed by atoms with Gasteiger partial charge in [0.15, 0.2) is 22.8 Å². The first-order valence-electron chi connectivity index (χ1n) is 14.4. The van der Waals surface area contributed by atoms with Crippen molar-refractivity contribution in [3.05, 3.63) is 58.3 Å². The Balaban J connectivity index is 1.65. The van der Waals surface area contributed by atoms with E-state index in [1.54, 1.807) is 32.9 Å². The topological polar surface area (TPSA) is 163 Å². The first-order valence-corrected chi connectivity index (χ1v) is 15.8. The van der Waals surface area contributed by atoms with Gasteiger partial charge in [-0.15, -0.1) is 5.10 Å². The highest BCUT2D eigenvalue weighted by Gasteiger charge is 2.22. The van der Waals surface area contributed by atoms with E-state index >= 15 is 0 Å². The molecule has 0 radical (unpaired) electrons. The number of benzene rings is 2. The molecule has 2 aromatic carbocycles. The van der Waals surface area contributed by atoms with Gasteiger partial charge in [-0.2, -0.15) is 0 Å². The fourth-order valence-corrected chi connectivity index (χ4v) is 5.66. The van der Waals surface area contributed by atoms with Crippen molar-refractivity contribution in [3.8, 4) is 28.6 Å². The average Bonchev–Trinajstić information content (AvgIpc) is 3.31. The summed E-state index contributed by atoms with van der Waals surface area (Å²) in [6.07, 6.45) is 2.02. The molecule has 0 saturated heterocycles. The molecule has 14 heteroatoms. The van der Waals surface area contributed by atoms with E-state index in [0.29, 0.717) is 65.9 Å². The number of imidazole rings is 1. The number of fused-ring (bicyclic) bond motifs is 1. The molecule has 4 aromatic rings. The van der Waals surface area contributed by atoms with Gasteiger partial charge in [-0.05, 0) is 63.9 Å². The second kappa shape index (κ2) is 14.3. The Kier molecular flexibility index (Phi) is 10.5. The number of nitrogens with one attached hydrogen (secondary N) is 2. The van der Waals surface area contributed by atoms with Crippen LogP contribution in [0.15, 0.2) is 46.1 Å². The number of anilines is 1. The molecular weight excluding hydrogens is 590 g/mol. The number of carbonyl (C=O) groups is 1. The average molecular weight is 628 g/mol. The molecule has 0 atom stereocenters. The lowest BCUT2D eigenvalue weighted by Gasteiger charge is -2.15. The molecule has 0 bridgehead atoms. The summed E-state index contributed by atoms with van der Waals surface area (Å²) in [6.45, 7) is 8.09. The van der Waals surface area contributed by atoms with E-state index in [4.69, 9.17) is 18.9 Å². The van der Waals surface area contributed by atoms with Crippen LogP contribution < -0.4 is 24.5 Å². The third kappa shape index (κ3) is 7.30. The highest BCUT2D eigenvalue weighted by atomic mass is 32.2. The zero-order chi connectivity index (χ0) is 31.9. The lowest BCUT2D eigenvalue weighted by molar-refractivity contribution is -0.143. The van der Waals surface area contributed by atoms with Gasteiger partial charge in [0.1, 0.15) is 11.6 Å². The van der Waals surface area contributed by atoms with Crippen LogP contribution in [0.5, 0.6) is 17.2 Å². The molecule has 13 nitrogen and oxygen atoms in total. The number of hydrogen-bond donors (Lipinski definition) is 2. The van der Waals surface area contributed by atoms with Crippen molar-refractivity contribution < 1.29 is 32.2 Å². The van der Waals surface area contributed by atoms with Crippen LogP contribution >= 0.6 is 0 Å². The van der Waals surface area contributed by atoms with Gasteiger partial charge in [0, 0.05) is 18.9 Å². The molecule has 0 saturated carbocycles. The van der Waals surface area contributed by atoms with Crippen molar-refractivity contribution >= 4 is 27.2 Å². The molecule has 0 aliphatic carbocycles. The Hall–Kier alpha value is -4.59. The normalized spacial score (nSPS) is 11.4. The summed E-state index contributed by atoms with van der Waals surface area (Å²) in [6, 6.07) is 8.95. The van der Waals surface area contributed by atoms with Crippen molar-refractivity contribution in [2.75, 3.05) is 31.7 Å². The van der Waals surface area contributed by atoms with Gasteiger partial charge in [0.2, 0.25) is 0 Å². The lowest BCUT2D eigenvalue weighted by atomic mass is 10.2. The summed E-state index contributed by atoms with van der Waals surface area (Å²) in [5.41, 5.74) is 1.01. The number of aromatic amines is 1. The summed E-state index contributed by atoms with van der Waals surface area (Å²) in [4.78, 5) is 31.9. The molecule has 4 rings (SSSR count). The summed E-state index contributed by atoms with van der Waals surface area (Å²) in [5, 5.41) is 4.63. The van der Waals surface area contributed by atoms with Crippen LogP contribution in [0.4, 0.5) is 5.69 Å². The number of carbonyl (C=O) groups excluding carboxylic acids is 1. The standard InChI is InChI=1S/C30H37N5O8S/c1-6-10-26-31-19(4)28-30(37)32-29(33-35(26)28)22-18-21(13-15-23(22)41-7-2)44(38,39)34-20-12-14-24(40-5)25(17-20)43-16-9-11-27(36)42-8-3/h12-15,17-18,34H,6-11,16H2,1-5H3,(H,32,33,37). The van der Waals surface area contributed by atoms with Gasteiger partial charge in [-0.1, -0.05) is 6.92 Å². The predicted octanol–water partition coefficient (Wildman–Crippen LogP) is 4.28. The molecule has 0 spiro atoms. The molecule has 0 aliphatic heterocycles. The number of esters is 1. The smallest absolute Gasteiger partial charge is 0.305 e. The SMILES string of the molecule is CCCc1nc(C)c2c(=O)[nH]c(-c3cc(S(=O)(=O)Nc4ccc(OC)c(OCCCC(=O)OCC)c4)ccc3OCC)nn12. The van der Waals surface area contributed by atoms with E-state index in [-0.39, 0.29) is 35.4 Å². The predicted molar refractivity (Wildman–Crippen MR) is 164 cm³/mol. The van der Waals surface area contributed by atoms with E-state index in [1.807, 2.05) is 6.92 Å². The van der Waals surface area contributed by atoms with Gasteiger partial charge in [0.25, 0.3) is 15.6 Å². The van der Waals surface area contributed by atoms with E-state index in [1.165, 1.54) is 35.9 Å². The number of aromatic nitrogens is 4. The quantitative estimate of drug-likeness (QED) is 0.144. The molecule has 236 valence electrons. The summed E-state index contributed by atoms with van der Waals surface area (Å²) in [7, 11) is -2.65. The van der Waals surface area contributed by atoms with Crippen molar-refractivity contribution in [1.29, 1.82) is 0 Å². The van der Waals surface area contributed by atoms with Crippen LogP contribution in [0.25, 0.3) is 16.9 Å². The van der Waals surface area contributed by atoms with E-state index in [2.05, 4.69) is 19.8 Å². The Morgan fingerprint density at radius 1 is 1.02 bits per heavy atom. The Bertz CT molecular complexity index is 1800. The number of hydrogen-bond acceptors (Lipinski definition) is 10. The fraction of sp³-hybridized carbons (Fsp3) is 0.400. The molecule has 2 aromatic heterocycles. The third-order valence-electron chi connectivity index (χ3n) is 6.54. The highest BCUT2D eigenvalue weighted by Crippen LogP contribution is 2.33. The molecule has 2 N–H and O–H groups in total. The van der Waals surface area contributed by atoms with Gasteiger partial charge in [0.05, 0.1) is 48.8 Å². The number of sulfonamides is 1. The first-order chi connectivity index (χ1) is 21.1. The van der Waals surface area contributed by atoms with E-state index in [9.17, 15) is 18.0 Å². The second-order valence-corrected chi connectivity index (χ2v) is 11.4. The Morgan fingerprint density at radius 2 is 1.80 bits per heavy atom. The molecule has 2 heterocycles. The highest BCUT2D eigenvalue weighted by molar-refractivity contribution is 7.92. The minimum atomic E-state index is -4.12. The minimum absolute atomic E-state index is 0.0815. The van der Waals surface area contributed by atoms with Gasteiger partial charge >= 0.3 is 5.97 Å². The molecule has 0 fully saturated rings. The van der Waals surface area contributed by atoms with Gasteiger partial charge < -0.3 is 23.9 Å². The molecule has 0 unspecified atom stereocenters. The van der Waals surface area contributed by atoms with Crippen molar-refractivity contribution in [3.63, 3.8) is 0 Å². The van der Waals surface area contributed by atoms with Crippen LogP contribution in [-0.4, -0.2) is 60.9 Å². The van der Waals surface area contributed by atoms with Gasteiger partial charge in [-0.25, -0.2) is 17.9 Å². The van der Waals surface area contributed by atoms with Crippen LogP contribution in [-0.2, 0) is 26.0 Å². The van der Waals surface area contributed by atoms with Crippen molar-refractivity contribution in [1.82, 2.24) is 19.6 Å². The maximum Gasteiger partial charge on any atom is 0.305 e. The summed E-state index contributed by atoms with van der Waals surface area (Å²) < 4.78 is 53.0. The zero-order valence-corrected chi connectivity index (χ0v) is 26.2. The molecule has 0 amide bonds. The van der Waals surface area contributed by atoms with Crippen LogP contribution in [0.3, 0.4) is 0 Å². The molecule has 44 heavy (non-hydrogen) atoms. The third-order valence-corrected chi connectivity index (χ3v) is 7.92. The number of ether oxygens (including phenoxy) is 4. The Morgan fingerprint density at radius 3 is 2.50 bits per heavy atom. The summed E-state index contributed by atoms with van der Waals surface area (Å²) in [5.74, 6) is 1.51. The van der Waals surface area contributed by atoms with E-state index in [0.717, 1.165) is 6.42 Å². The maximum atomic E-state index is 13.6. The zero-order valence-electron chi connectivity index (χ0n) is 25.4. The lowest BCUT2D eigenvalue weighted by Crippen LogP contribution is -2.17. The second-order valence-electron chi connectivity index (χ2n) is 9.75.